The zero-order valence-electron chi connectivity index (χ0n) is 11.1. The molecule has 6 nitrogen and oxygen atoms in total. The number of hydrogen-bond acceptors (Lipinski definition) is 4. The van der Waals surface area contributed by atoms with E-state index in [2.05, 4.69) is 15.5 Å². The average molecular weight is 260 g/mol. The van der Waals surface area contributed by atoms with Crippen molar-refractivity contribution in [2.24, 2.45) is 7.05 Å². The topological polar surface area (TPSA) is 80.0 Å². The van der Waals surface area contributed by atoms with Crippen LogP contribution in [0, 0.1) is 6.92 Å². The number of phenolic OH excluding ortho intramolecular Hbond substituents is 1. The van der Waals surface area contributed by atoms with E-state index in [1.54, 1.807) is 23.0 Å². The number of hydrogen-bond donors (Lipinski definition) is 2. The van der Waals surface area contributed by atoms with Crippen LogP contribution >= 0.6 is 0 Å². The van der Waals surface area contributed by atoms with Crippen LogP contribution in [0.3, 0.4) is 0 Å². The SMILES string of the molecule is Cc1ccc(O)c(C(=O)NC(C)c2nncn2C)c1. The first-order valence-electron chi connectivity index (χ1n) is 5.93. The fourth-order valence-corrected chi connectivity index (χ4v) is 1.85. The molecule has 0 fully saturated rings. The molecular formula is C13H16N4O2. The predicted molar refractivity (Wildman–Crippen MR) is 69.7 cm³/mol. The van der Waals surface area contributed by atoms with Crippen LogP contribution in [0.1, 0.15) is 34.7 Å². The number of carbonyl (C=O) groups excluding carboxylic acids is 1. The number of carbonyl (C=O) groups is 1. The third-order valence-electron chi connectivity index (χ3n) is 2.88. The van der Waals surface area contributed by atoms with Crippen molar-refractivity contribution in [3.05, 3.63) is 41.5 Å². The minimum Gasteiger partial charge on any atom is -0.507 e. The molecule has 1 aromatic heterocycles. The van der Waals surface area contributed by atoms with E-state index in [0.29, 0.717) is 5.82 Å². The summed E-state index contributed by atoms with van der Waals surface area (Å²) >= 11 is 0. The number of aromatic nitrogens is 3. The summed E-state index contributed by atoms with van der Waals surface area (Å²) in [5.41, 5.74) is 1.17. The zero-order valence-corrected chi connectivity index (χ0v) is 11.1. The Hall–Kier alpha value is -2.37. The summed E-state index contributed by atoms with van der Waals surface area (Å²) in [5.74, 6) is 0.283. The van der Waals surface area contributed by atoms with Crippen molar-refractivity contribution in [2.75, 3.05) is 0 Å². The second-order valence-electron chi connectivity index (χ2n) is 4.52. The Balaban J connectivity index is 2.17. The van der Waals surface area contributed by atoms with E-state index in [1.807, 2.05) is 20.9 Å². The molecular weight excluding hydrogens is 244 g/mol. The molecule has 6 heteroatoms. The first-order chi connectivity index (χ1) is 8.99. The summed E-state index contributed by atoms with van der Waals surface area (Å²) in [6.07, 6.45) is 1.57. The highest BCUT2D eigenvalue weighted by Crippen LogP contribution is 2.19. The van der Waals surface area contributed by atoms with E-state index in [-0.39, 0.29) is 23.3 Å². The van der Waals surface area contributed by atoms with E-state index in [4.69, 9.17) is 0 Å². The van der Waals surface area contributed by atoms with Gasteiger partial charge in [-0.1, -0.05) is 11.6 Å². The maximum atomic E-state index is 12.1. The van der Waals surface area contributed by atoms with Crippen LogP contribution in [0.15, 0.2) is 24.5 Å². The number of rotatable bonds is 3. The van der Waals surface area contributed by atoms with Crippen LogP contribution in [0.25, 0.3) is 0 Å². The van der Waals surface area contributed by atoms with Gasteiger partial charge in [-0.15, -0.1) is 10.2 Å². The maximum absolute atomic E-state index is 12.1. The third-order valence-corrected chi connectivity index (χ3v) is 2.88. The summed E-state index contributed by atoms with van der Waals surface area (Å²) in [6, 6.07) is 4.61. The van der Waals surface area contributed by atoms with E-state index in [1.165, 1.54) is 6.07 Å². The number of amides is 1. The molecule has 100 valence electrons. The largest absolute Gasteiger partial charge is 0.507 e. The zero-order chi connectivity index (χ0) is 14.0. The lowest BCUT2D eigenvalue weighted by Gasteiger charge is -2.13. The second kappa shape index (κ2) is 5.09. The van der Waals surface area contributed by atoms with Gasteiger partial charge in [0.05, 0.1) is 11.6 Å². The first kappa shape index (κ1) is 13.1. The lowest BCUT2D eigenvalue weighted by atomic mass is 10.1. The Bertz CT molecular complexity index is 606. The highest BCUT2D eigenvalue weighted by Gasteiger charge is 2.17. The van der Waals surface area contributed by atoms with E-state index < -0.39 is 0 Å². The van der Waals surface area contributed by atoms with Crippen LogP contribution in [-0.2, 0) is 7.05 Å². The monoisotopic (exact) mass is 260 g/mol. The van der Waals surface area contributed by atoms with Crippen LogP contribution in [-0.4, -0.2) is 25.8 Å². The van der Waals surface area contributed by atoms with E-state index in [0.717, 1.165) is 5.56 Å². The Kier molecular flexibility index (Phi) is 3.50. The average Bonchev–Trinajstić information content (AvgIpc) is 2.78. The summed E-state index contributed by atoms with van der Waals surface area (Å²) in [5, 5.41) is 20.2. The molecule has 0 saturated carbocycles. The van der Waals surface area contributed by atoms with E-state index >= 15 is 0 Å². The van der Waals surface area contributed by atoms with Gasteiger partial charge in [-0.25, -0.2) is 0 Å². The number of nitrogens with zero attached hydrogens (tertiary/aromatic N) is 3. The van der Waals surface area contributed by atoms with Gasteiger partial charge in [0.25, 0.3) is 5.91 Å². The van der Waals surface area contributed by atoms with Gasteiger partial charge in [0.2, 0.25) is 0 Å². The number of nitrogens with one attached hydrogen (secondary N) is 1. The van der Waals surface area contributed by atoms with Crippen molar-refractivity contribution < 1.29 is 9.90 Å². The molecule has 2 aromatic rings. The van der Waals surface area contributed by atoms with Crippen molar-refractivity contribution in [1.82, 2.24) is 20.1 Å². The van der Waals surface area contributed by atoms with Crippen LogP contribution in [0.4, 0.5) is 0 Å². The highest BCUT2D eigenvalue weighted by atomic mass is 16.3. The van der Waals surface area contributed by atoms with Crippen LogP contribution < -0.4 is 5.32 Å². The Morgan fingerprint density at radius 1 is 1.47 bits per heavy atom. The molecule has 0 spiro atoms. The third kappa shape index (κ3) is 2.73. The predicted octanol–water partition coefficient (Wildman–Crippen LogP) is 1.32. The summed E-state index contributed by atoms with van der Waals surface area (Å²) in [4.78, 5) is 12.1. The van der Waals surface area contributed by atoms with Gasteiger partial charge >= 0.3 is 0 Å². The summed E-state index contributed by atoms with van der Waals surface area (Å²) in [7, 11) is 1.81. The van der Waals surface area contributed by atoms with Crippen molar-refractivity contribution in [3.63, 3.8) is 0 Å². The smallest absolute Gasteiger partial charge is 0.255 e. The Morgan fingerprint density at radius 3 is 2.84 bits per heavy atom. The van der Waals surface area contributed by atoms with Crippen LogP contribution in [0.5, 0.6) is 5.75 Å². The molecule has 0 bridgehead atoms. The summed E-state index contributed by atoms with van der Waals surface area (Å²) < 4.78 is 1.74. The number of aromatic hydroxyl groups is 1. The molecule has 2 N–H and O–H groups in total. The van der Waals surface area contributed by atoms with Crippen molar-refractivity contribution >= 4 is 5.91 Å². The Labute approximate surface area is 111 Å². The quantitative estimate of drug-likeness (QED) is 0.872. The fraction of sp³-hybridized carbons (Fsp3) is 0.308. The minimum absolute atomic E-state index is 0.0340. The Morgan fingerprint density at radius 2 is 2.21 bits per heavy atom. The van der Waals surface area contributed by atoms with Crippen molar-refractivity contribution in [2.45, 2.75) is 19.9 Å². The molecule has 2 rings (SSSR count). The number of phenols is 1. The first-order valence-corrected chi connectivity index (χ1v) is 5.93. The normalized spacial score (nSPS) is 12.2. The van der Waals surface area contributed by atoms with Crippen LogP contribution in [0.2, 0.25) is 0 Å². The molecule has 1 atom stereocenters. The lowest BCUT2D eigenvalue weighted by molar-refractivity contribution is 0.0935. The van der Waals surface area contributed by atoms with Crippen molar-refractivity contribution in [3.8, 4) is 5.75 Å². The fourth-order valence-electron chi connectivity index (χ4n) is 1.85. The van der Waals surface area contributed by atoms with Gasteiger partial charge in [-0.2, -0.15) is 0 Å². The minimum atomic E-state index is -0.336. The van der Waals surface area contributed by atoms with Gasteiger partial charge in [0.15, 0.2) is 5.82 Å². The van der Waals surface area contributed by atoms with Gasteiger partial charge in [-0.05, 0) is 26.0 Å². The number of aryl methyl sites for hydroxylation is 2. The van der Waals surface area contributed by atoms with Gasteiger partial charge < -0.3 is 15.0 Å². The summed E-state index contributed by atoms with van der Waals surface area (Å²) in [6.45, 7) is 3.68. The van der Waals surface area contributed by atoms with Gasteiger partial charge in [0.1, 0.15) is 12.1 Å². The van der Waals surface area contributed by atoms with E-state index in [9.17, 15) is 9.90 Å². The molecule has 19 heavy (non-hydrogen) atoms. The molecule has 0 aliphatic rings. The standard InChI is InChI=1S/C13H16N4O2/c1-8-4-5-11(18)10(6-8)13(19)15-9(2)12-16-14-7-17(12)3/h4-7,9,18H,1-3H3,(H,15,19). The molecule has 0 aliphatic heterocycles. The van der Waals surface area contributed by atoms with Gasteiger partial charge in [0, 0.05) is 7.05 Å². The molecule has 1 amide bonds. The molecule has 1 aromatic carbocycles. The molecule has 1 heterocycles. The van der Waals surface area contributed by atoms with Gasteiger partial charge in [-0.3, -0.25) is 4.79 Å². The second-order valence-corrected chi connectivity index (χ2v) is 4.52. The molecule has 0 aliphatic carbocycles. The molecule has 1 unspecified atom stereocenters. The lowest BCUT2D eigenvalue weighted by Crippen LogP contribution is -2.28. The van der Waals surface area contributed by atoms with Crippen molar-refractivity contribution in [1.29, 1.82) is 0 Å². The molecule has 0 saturated heterocycles. The molecule has 0 radical (unpaired) electrons. The maximum Gasteiger partial charge on any atom is 0.255 e. The highest BCUT2D eigenvalue weighted by molar-refractivity contribution is 5.97. The number of benzene rings is 1.